The van der Waals surface area contributed by atoms with Crippen LogP contribution >= 0.6 is 0 Å². The summed E-state index contributed by atoms with van der Waals surface area (Å²) in [5, 5.41) is 24.1. The lowest BCUT2D eigenvalue weighted by molar-refractivity contribution is -0.384. The summed E-state index contributed by atoms with van der Waals surface area (Å²) in [7, 11) is 0. The molecule has 0 amide bonds. The molecule has 0 fully saturated rings. The van der Waals surface area contributed by atoms with E-state index in [-0.39, 0.29) is 39.6 Å². The molecule has 0 saturated carbocycles. The quantitative estimate of drug-likeness (QED) is 0.0705. The molecule has 1 aromatic heterocycles. The molecular weight excluding hydrogens is 584 g/mol. The summed E-state index contributed by atoms with van der Waals surface area (Å²) in [6.45, 7) is 11.7. The van der Waals surface area contributed by atoms with Crippen molar-refractivity contribution >= 4 is 44.9 Å². The van der Waals surface area contributed by atoms with Gasteiger partial charge in [-0.1, -0.05) is 59.7 Å². The summed E-state index contributed by atoms with van der Waals surface area (Å²) in [6, 6.07) is 19.1. The number of Topliss-reactive ketones (excluding diaryl/α,β-unsaturated/α-hetero) is 2. The summed E-state index contributed by atoms with van der Waals surface area (Å²) < 4.78 is 5.90. The Balaban J connectivity index is 1.38. The second-order valence-electron chi connectivity index (χ2n) is 13.7. The summed E-state index contributed by atoms with van der Waals surface area (Å²) in [5.41, 5.74) is 1.40. The predicted octanol–water partition coefficient (Wildman–Crippen LogP) is 7.98. The average Bonchev–Trinajstić information content (AvgIpc) is 3.22. The standard InChI is InChI=1S/C37H32N2O7/c1-36(2,3)26-17-22(18-27(34(26)42)37(4,5)6)35(43)46-29-9-7-8-19-11-13-28(38-31(19)29)30-32(40)24-15-20-10-12-23(39(44)45)14-21(20)16-25(24)33(30)41/h7-18,30,42H,1-6H3. The number of benzene rings is 4. The second-order valence-corrected chi connectivity index (χ2v) is 13.7. The van der Waals surface area contributed by atoms with Crippen molar-refractivity contribution < 1.29 is 29.2 Å². The molecule has 1 unspecified atom stereocenters. The summed E-state index contributed by atoms with van der Waals surface area (Å²) in [5.74, 6) is -2.43. The van der Waals surface area contributed by atoms with Crippen LogP contribution in [0, 0.1) is 10.1 Å². The van der Waals surface area contributed by atoms with Crippen molar-refractivity contribution in [3.8, 4) is 11.5 Å². The van der Waals surface area contributed by atoms with Gasteiger partial charge in [0.2, 0.25) is 0 Å². The maximum Gasteiger partial charge on any atom is 0.343 e. The lowest BCUT2D eigenvalue weighted by Gasteiger charge is -2.28. The van der Waals surface area contributed by atoms with E-state index in [0.717, 1.165) is 0 Å². The molecule has 4 aromatic carbocycles. The SMILES string of the molecule is CC(C)(C)c1cc(C(=O)Oc2cccc3ccc(C4C(=O)c5cc6ccc([N+](=O)[O-])cc6cc5C4=O)nc23)cc(C(C)(C)C)c1O. The Labute approximate surface area is 265 Å². The van der Waals surface area contributed by atoms with Gasteiger partial charge in [-0.2, -0.15) is 0 Å². The normalized spacial score (nSPS) is 15.0. The third-order valence-electron chi connectivity index (χ3n) is 8.39. The number of para-hydroxylation sites is 1. The summed E-state index contributed by atoms with van der Waals surface area (Å²) >= 11 is 0. The van der Waals surface area contributed by atoms with Crippen LogP contribution in [0.3, 0.4) is 0 Å². The van der Waals surface area contributed by atoms with Gasteiger partial charge in [0, 0.05) is 39.8 Å². The Bertz CT molecular complexity index is 2120. The molecule has 46 heavy (non-hydrogen) atoms. The highest BCUT2D eigenvalue weighted by Gasteiger charge is 2.41. The molecule has 1 aliphatic rings. The van der Waals surface area contributed by atoms with Gasteiger partial charge >= 0.3 is 5.97 Å². The summed E-state index contributed by atoms with van der Waals surface area (Å²) in [4.78, 5) is 56.2. The van der Waals surface area contributed by atoms with E-state index in [0.29, 0.717) is 32.8 Å². The highest BCUT2D eigenvalue weighted by Crippen LogP contribution is 2.41. The van der Waals surface area contributed by atoms with Crippen LogP contribution in [-0.2, 0) is 10.8 Å². The molecule has 5 aromatic rings. The molecule has 6 rings (SSSR count). The number of nitro benzene ring substituents is 1. The molecule has 1 N–H and O–H groups in total. The first kappa shape index (κ1) is 30.6. The topological polar surface area (TPSA) is 137 Å². The van der Waals surface area contributed by atoms with E-state index in [9.17, 15) is 29.6 Å². The number of esters is 1. The van der Waals surface area contributed by atoms with E-state index in [4.69, 9.17) is 4.74 Å². The monoisotopic (exact) mass is 616 g/mol. The number of hydrogen-bond acceptors (Lipinski definition) is 8. The molecule has 0 bridgehead atoms. The number of aromatic hydroxyl groups is 1. The Morgan fingerprint density at radius 3 is 1.98 bits per heavy atom. The van der Waals surface area contributed by atoms with E-state index in [1.54, 1.807) is 54.6 Å². The number of rotatable bonds is 4. The number of aromatic nitrogens is 1. The summed E-state index contributed by atoms with van der Waals surface area (Å²) in [6.07, 6.45) is 0. The number of ketones is 2. The molecule has 9 heteroatoms. The fourth-order valence-electron chi connectivity index (χ4n) is 5.94. The lowest BCUT2D eigenvalue weighted by atomic mass is 9.78. The van der Waals surface area contributed by atoms with Crippen LogP contribution in [0.5, 0.6) is 11.5 Å². The Morgan fingerprint density at radius 1 is 0.804 bits per heavy atom. The number of hydrogen-bond donors (Lipinski definition) is 1. The molecule has 0 radical (unpaired) electrons. The van der Waals surface area contributed by atoms with E-state index in [1.165, 1.54) is 18.2 Å². The fourth-order valence-corrected chi connectivity index (χ4v) is 5.94. The third-order valence-corrected chi connectivity index (χ3v) is 8.39. The van der Waals surface area contributed by atoms with E-state index in [1.807, 2.05) is 41.5 Å². The largest absolute Gasteiger partial charge is 0.507 e. The fraction of sp³-hybridized carbons (Fsp3) is 0.243. The highest BCUT2D eigenvalue weighted by atomic mass is 16.6. The third kappa shape index (κ3) is 5.17. The molecule has 1 aliphatic carbocycles. The van der Waals surface area contributed by atoms with Crippen molar-refractivity contribution in [2.24, 2.45) is 0 Å². The van der Waals surface area contributed by atoms with Gasteiger partial charge in [-0.3, -0.25) is 19.7 Å². The number of non-ortho nitro benzene ring substituents is 1. The molecule has 1 atom stereocenters. The number of phenols is 1. The van der Waals surface area contributed by atoms with E-state index < -0.39 is 39.2 Å². The Hall–Kier alpha value is -5.44. The van der Waals surface area contributed by atoms with Crippen molar-refractivity contribution in [2.45, 2.75) is 58.3 Å². The van der Waals surface area contributed by atoms with Crippen molar-refractivity contribution in [3.05, 3.63) is 116 Å². The lowest BCUT2D eigenvalue weighted by Crippen LogP contribution is -2.20. The number of pyridine rings is 1. The number of ether oxygens (including phenoxy) is 1. The van der Waals surface area contributed by atoms with Crippen LogP contribution in [0.4, 0.5) is 5.69 Å². The number of nitro groups is 1. The van der Waals surface area contributed by atoms with Crippen LogP contribution in [0.1, 0.15) is 95.4 Å². The maximum absolute atomic E-state index is 13.6. The molecule has 9 nitrogen and oxygen atoms in total. The molecular formula is C37H32N2O7. The van der Waals surface area contributed by atoms with Gasteiger partial charge in [0.15, 0.2) is 17.3 Å². The van der Waals surface area contributed by atoms with Crippen molar-refractivity contribution in [1.82, 2.24) is 4.98 Å². The zero-order valence-electron chi connectivity index (χ0n) is 26.3. The molecule has 0 saturated heterocycles. The van der Waals surface area contributed by atoms with E-state index in [2.05, 4.69) is 4.98 Å². The first-order chi connectivity index (χ1) is 21.5. The number of fused-ring (bicyclic) bond motifs is 3. The Kier molecular flexibility index (Phi) is 7.03. The van der Waals surface area contributed by atoms with Gasteiger partial charge in [0.05, 0.1) is 16.2 Å². The van der Waals surface area contributed by atoms with Crippen molar-refractivity contribution in [2.75, 3.05) is 0 Å². The van der Waals surface area contributed by atoms with Gasteiger partial charge in [-0.15, -0.1) is 0 Å². The van der Waals surface area contributed by atoms with Crippen LogP contribution in [-0.4, -0.2) is 32.5 Å². The number of nitrogens with zero attached hydrogens (tertiary/aromatic N) is 2. The minimum absolute atomic E-state index is 0.115. The van der Waals surface area contributed by atoms with Crippen LogP contribution in [0.15, 0.2) is 72.8 Å². The van der Waals surface area contributed by atoms with Gasteiger partial charge in [0.1, 0.15) is 17.2 Å². The van der Waals surface area contributed by atoms with Crippen molar-refractivity contribution in [3.63, 3.8) is 0 Å². The molecule has 0 aliphatic heterocycles. The maximum atomic E-state index is 13.6. The highest BCUT2D eigenvalue weighted by molar-refractivity contribution is 6.30. The van der Waals surface area contributed by atoms with Crippen molar-refractivity contribution in [1.29, 1.82) is 0 Å². The van der Waals surface area contributed by atoms with Crippen LogP contribution in [0.25, 0.3) is 21.7 Å². The van der Waals surface area contributed by atoms with Gasteiger partial charge in [-0.05, 0) is 64.1 Å². The minimum Gasteiger partial charge on any atom is -0.507 e. The van der Waals surface area contributed by atoms with Gasteiger partial charge in [-0.25, -0.2) is 9.78 Å². The zero-order chi connectivity index (χ0) is 33.3. The number of carbonyl (C=O) groups is 3. The van der Waals surface area contributed by atoms with Gasteiger partial charge in [0.25, 0.3) is 5.69 Å². The molecule has 1 heterocycles. The molecule has 232 valence electrons. The molecule has 0 spiro atoms. The van der Waals surface area contributed by atoms with Crippen LogP contribution < -0.4 is 4.74 Å². The average molecular weight is 617 g/mol. The number of carbonyl (C=O) groups excluding carboxylic acids is 3. The first-order valence-electron chi connectivity index (χ1n) is 14.8. The predicted molar refractivity (Wildman–Crippen MR) is 174 cm³/mol. The Morgan fingerprint density at radius 2 is 1.39 bits per heavy atom. The first-order valence-corrected chi connectivity index (χ1v) is 14.8. The second kappa shape index (κ2) is 10.6. The van der Waals surface area contributed by atoms with Crippen LogP contribution in [0.2, 0.25) is 0 Å². The number of phenolic OH excluding ortho intramolecular Hbond substituents is 1. The smallest absolute Gasteiger partial charge is 0.343 e. The zero-order valence-corrected chi connectivity index (χ0v) is 26.3. The minimum atomic E-state index is -1.21. The van der Waals surface area contributed by atoms with Gasteiger partial charge < -0.3 is 9.84 Å². The van der Waals surface area contributed by atoms with E-state index >= 15 is 0 Å².